The molecule has 0 spiro atoms. The number of fused-ring (bicyclic) bond motifs is 5. The van der Waals surface area contributed by atoms with Crippen LogP contribution in [0.3, 0.4) is 0 Å². The summed E-state index contributed by atoms with van der Waals surface area (Å²) in [4.78, 5) is 107. The number of likely N-dealkylation sites (N-methyl/N-ethyl adjacent to an activating group) is 4. The molecule has 0 aliphatic carbocycles. The molecule has 8 aromatic rings. The Kier molecular flexibility index (Phi) is 34.7. The highest BCUT2D eigenvalue weighted by Gasteiger charge is 2.41. The summed E-state index contributed by atoms with van der Waals surface area (Å²) in [6, 6.07) is 32.6. The molecule has 28 nitrogen and oxygen atoms in total. The highest BCUT2D eigenvalue weighted by atomic mass is 35.5. The predicted octanol–water partition coefficient (Wildman–Crippen LogP) is 13.2. The van der Waals surface area contributed by atoms with Crippen LogP contribution in [0.2, 0.25) is 5.02 Å². The van der Waals surface area contributed by atoms with Gasteiger partial charge in [0, 0.05) is 165 Å². The largest absolute Gasteiger partial charge is 0.462 e. The molecule has 17 rings (SSSR count). The van der Waals surface area contributed by atoms with Gasteiger partial charge in [-0.15, -0.1) is 0 Å². The number of nitrogens with zero attached hydrogens (tertiary/aromatic N) is 22. The zero-order chi connectivity index (χ0) is 91.9. The van der Waals surface area contributed by atoms with Gasteiger partial charge in [0.15, 0.2) is 5.83 Å². The highest BCUT2D eigenvalue weighted by Crippen LogP contribution is 2.42. The zero-order valence-electron chi connectivity index (χ0n) is 77.6. The number of amides is 3. The molecule has 133 heavy (non-hydrogen) atoms. The van der Waals surface area contributed by atoms with E-state index in [1.165, 1.54) is 80.0 Å². The number of allylic oxidation sites excluding steroid dienone is 1. The summed E-state index contributed by atoms with van der Waals surface area (Å²) in [7, 11) is 10.0. The van der Waals surface area contributed by atoms with Gasteiger partial charge in [0.2, 0.25) is 31.4 Å². The van der Waals surface area contributed by atoms with Crippen molar-refractivity contribution in [2.24, 2.45) is 0 Å². The lowest BCUT2D eigenvalue weighted by atomic mass is 9.99. The minimum atomic E-state index is -0.789. The minimum Gasteiger partial charge on any atom is -0.462 e. The first-order valence-electron chi connectivity index (χ1n) is 45.9. The minimum absolute atomic E-state index is 0. The average molecular weight is 1890 g/mol. The van der Waals surface area contributed by atoms with Crippen LogP contribution in [-0.2, 0) is 53.3 Å². The Morgan fingerprint density at radius 3 is 1.29 bits per heavy atom. The number of rotatable bonds is 24. The van der Waals surface area contributed by atoms with E-state index >= 15 is 0 Å². The molecule has 5 aromatic carbocycles. The second-order valence-electron chi connectivity index (χ2n) is 35.9. The van der Waals surface area contributed by atoms with E-state index in [0.29, 0.717) is 146 Å². The van der Waals surface area contributed by atoms with E-state index in [0.717, 1.165) is 152 Å². The van der Waals surface area contributed by atoms with Crippen LogP contribution >= 0.6 is 50.2 Å². The Hall–Kier alpha value is -10.9. The third-order valence-electron chi connectivity index (χ3n) is 27.3. The molecule has 0 N–H and O–H groups in total. The first-order valence-corrected chi connectivity index (χ1v) is 46.7. The smallest absolute Gasteiger partial charge is 0.318 e. The molecule has 6 fully saturated rings. The standard InChI is InChI=1S/C35H42ClFN8O2.C34H40FN7O2.C30H38ClN7O2.2H2S/c1-38-20-26-21-44(18-19-45(26)34(46)29(37)14-16-41(2)3)33-27-13-17-43(31-12-6-9-24-8-5-11-28(36)32(24)31)22-30(27)39-35(40-33)47-23-25-10-7-15-42(25)4;1-24-8-4-9-25-10-5-12-30(32(24)25)40-17-14-28-29(22-40)37-34(44-23-26-11-7-16-39(26)3)38-33(28)41-18-19-42(27(21-41)20-36-2)31(43)13-6-15-35;1-21-7-5-9-27(22(21)2)36-14-11-25-26(19-36)33-30(40-20-23-8-6-13-35(23)4)34-29(25)37-15-16-38(28(39)10-12-31)24(18-37)17-32-3;;/h5-6,8-9,11-12,14,25-26H,7,10,13,15-23H2,2-4H3;4-6,8-10,12-13,26-27H,7,11,14-23H2,1,3H3;5,7,9-10,12,23-24H,6,8,11,13-20H2,1-2,4H3;2*1H2/b29-14+;13-6+;12-10-;;/t25-,26-;26-,27-;23-,24-;;/m000../s1. The highest BCUT2D eigenvalue weighted by molar-refractivity contribution is 7.59. The number of halogens is 4. The van der Waals surface area contributed by atoms with Crippen molar-refractivity contribution in [3.05, 3.63) is 216 Å². The lowest BCUT2D eigenvalue weighted by Gasteiger charge is -2.41. The number of anilines is 6. The third kappa shape index (κ3) is 23.4. The maximum Gasteiger partial charge on any atom is 0.318 e. The SMILES string of the molecule is S.S.[C-]#[N+]C[C@H]1CN(c2nc(OC[C@@H]3CCCN3C)nc3c2CCN(c2cccc(C)c2C)C3)CCN1C(=O)/C=C\Cl.[C-]#[N+]C[C@H]1CN(c2nc(OC[C@@H]3CCCN3C)nc3c2CCN(c2cccc4cccc(C)c24)C3)CCN1C(=O)/C=C/CF.[C-]#[N+]C[C@H]1CN(c2nc(OC[C@@H]3CCCN3C)nc3c2CCN(c2cccc4cccc(Cl)c24)C3)CCN1C(=O)/C(F)=C\CN(C)C. The van der Waals surface area contributed by atoms with Gasteiger partial charge in [-0.3, -0.25) is 14.4 Å². The van der Waals surface area contributed by atoms with Crippen LogP contribution < -0.4 is 43.6 Å². The van der Waals surface area contributed by atoms with Gasteiger partial charge in [-0.1, -0.05) is 89.9 Å². The first kappa shape index (κ1) is 99.6. The van der Waals surface area contributed by atoms with E-state index in [9.17, 15) is 23.2 Å². The van der Waals surface area contributed by atoms with E-state index < -0.39 is 24.5 Å². The number of aromatic nitrogens is 6. The van der Waals surface area contributed by atoms with Gasteiger partial charge in [0.05, 0.1) is 41.7 Å². The maximum absolute atomic E-state index is 14.9. The summed E-state index contributed by atoms with van der Waals surface area (Å²) in [6.07, 6.45) is 14.2. The molecule has 706 valence electrons. The van der Waals surface area contributed by atoms with Crippen molar-refractivity contribution in [3.63, 3.8) is 0 Å². The fraction of sp³-hybridized carbons (Fsp3) is 0.495. The molecule has 0 unspecified atom stereocenters. The number of hydrogen-bond donors (Lipinski definition) is 0. The van der Waals surface area contributed by atoms with Gasteiger partial charge in [-0.05, 0) is 197 Å². The van der Waals surface area contributed by atoms with Crippen LogP contribution in [0.15, 0.2) is 127 Å². The van der Waals surface area contributed by atoms with Crippen LogP contribution in [0.4, 0.5) is 43.3 Å². The molecule has 12 heterocycles. The Balaban J connectivity index is 0.000000169. The van der Waals surface area contributed by atoms with E-state index in [2.05, 4.69) is 179 Å². The second kappa shape index (κ2) is 46.4. The molecule has 6 atom stereocenters. The van der Waals surface area contributed by atoms with Crippen LogP contribution in [0.1, 0.15) is 89.0 Å². The van der Waals surface area contributed by atoms with Crippen molar-refractivity contribution < 1.29 is 37.4 Å². The number of carbonyl (C=O) groups excluding carboxylic acids is 3. The summed E-state index contributed by atoms with van der Waals surface area (Å²) >= 11 is 12.4. The Bertz CT molecular complexity index is 5670. The molecule has 0 bridgehead atoms. The first-order chi connectivity index (χ1) is 63.6. The summed E-state index contributed by atoms with van der Waals surface area (Å²) in [5.41, 5.74) is 14.6. The Morgan fingerprint density at radius 2 is 0.865 bits per heavy atom. The Morgan fingerprint density at radius 1 is 0.481 bits per heavy atom. The number of benzene rings is 5. The lowest BCUT2D eigenvalue weighted by Crippen LogP contribution is -2.57. The summed E-state index contributed by atoms with van der Waals surface area (Å²) in [5, 5.41) is 5.30. The van der Waals surface area contributed by atoms with Crippen molar-refractivity contribution in [1.29, 1.82) is 0 Å². The molecule has 6 saturated heterocycles. The average Bonchev–Trinajstić information content (AvgIpc) is 0.915. The van der Waals surface area contributed by atoms with Crippen molar-refractivity contribution >= 4 is 124 Å². The number of hydrogen-bond acceptors (Lipinski definition) is 22. The van der Waals surface area contributed by atoms with Gasteiger partial charge in [-0.25, -0.2) is 28.5 Å². The molecule has 3 aromatic heterocycles. The predicted molar refractivity (Wildman–Crippen MR) is 534 cm³/mol. The molecule has 3 amide bonds. The molecule has 0 saturated carbocycles. The van der Waals surface area contributed by atoms with Crippen molar-refractivity contribution in [2.75, 3.05) is 215 Å². The zero-order valence-corrected chi connectivity index (χ0v) is 81.1. The van der Waals surface area contributed by atoms with Gasteiger partial charge in [0.25, 0.3) is 5.91 Å². The molecule has 0 radical (unpaired) electrons. The van der Waals surface area contributed by atoms with Crippen molar-refractivity contribution in [3.8, 4) is 18.0 Å². The topological polar surface area (TPSA) is 211 Å². The summed E-state index contributed by atoms with van der Waals surface area (Å²) in [5.74, 6) is 0.594. The quantitative estimate of drug-likeness (QED) is 0.0406. The number of piperazine rings is 3. The summed E-state index contributed by atoms with van der Waals surface area (Å²) < 4.78 is 46.5. The number of aryl methyl sites for hydroxylation is 2. The Labute approximate surface area is 804 Å². The lowest BCUT2D eigenvalue weighted by molar-refractivity contribution is -0.131. The molecular weight excluding hydrogens is 1770 g/mol. The number of carbonyl (C=O) groups is 3. The molecule has 9 aliphatic heterocycles. The van der Waals surface area contributed by atoms with Gasteiger partial charge in [0.1, 0.15) is 62.1 Å². The van der Waals surface area contributed by atoms with Crippen LogP contribution in [0.5, 0.6) is 18.0 Å². The maximum atomic E-state index is 14.9. The van der Waals surface area contributed by atoms with Crippen LogP contribution in [0, 0.1) is 40.5 Å². The number of alkyl halides is 1. The van der Waals surface area contributed by atoms with Crippen molar-refractivity contribution in [1.82, 2.24) is 64.2 Å². The monoisotopic (exact) mass is 1890 g/mol. The fourth-order valence-corrected chi connectivity index (χ4v) is 20.3. The van der Waals surface area contributed by atoms with Crippen molar-refractivity contribution in [2.45, 2.75) is 134 Å². The normalized spacial score (nSPS) is 20.6. The molecule has 34 heteroatoms. The van der Waals surface area contributed by atoms with Gasteiger partial charge >= 0.3 is 18.0 Å². The second-order valence-corrected chi connectivity index (χ2v) is 36.5. The number of likely N-dealkylation sites (tertiary alicyclic amines) is 3. The number of ether oxygens (including phenoxy) is 3. The molecular formula is C99H124Cl2F2N22O6S2. The van der Waals surface area contributed by atoms with E-state index in [-0.39, 0.29) is 77.1 Å². The molecule has 9 aliphatic rings. The van der Waals surface area contributed by atoms with E-state index in [4.69, 9.17) is 87.0 Å². The van der Waals surface area contributed by atoms with Crippen LogP contribution in [0.25, 0.3) is 36.1 Å². The van der Waals surface area contributed by atoms with Gasteiger partial charge < -0.3 is 92.4 Å². The van der Waals surface area contributed by atoms with Gasteiger partial charge in [-0.2, -0.15) is 56.9 Å². The fourth-order valence-electron chi connectivity index (χ4n) is 19.9. The third-order valence-corrected chi connectivity index (χ3v) is 27.7. The van der Waals surface area contributed by atoms with E-state index in [1.54, 1.807) is 14.7 Å². The summed E-state index contributed by atoms with van der Waals surface area (Å²) in [6.45, 7) is 42.5. The van der Waals surface area contributed by atoms with Crippen LogP contribution in [-0.4, -0.2) is 304 Å². The van der Waals surface area contributed by atoms with E-state index in [1.807, 2.05) is 26.2 Å².